The highest BCUT2D eigenvalue weighted by Crippen LogP contribution is 2.21. The number of likely N-dealkylation sites (tertiary alicyclic amines) is 1. The third kappa shape index (κ3) is 4.84. The van der Waals surface area contributed by atoms with Crippen molar-refractivity contribution in [3.05, 3.63) is 0 Å². The molecule has 0 atom stereocenters. The lowest BCUT2D eigenvalue weighted by molar-refractivity contribution is -0.932. The SMILES string of the molecule is CCCC[N+]1(CCCCCO)CCCCC1. The molecule has 1 heterocycles. The van der Waals surface area contributed by atoms with Gasteiger partial charge in [-0.25, -0.2) is 0 Å². The summed E-state index contributed by atoms with van der Waals surface area (Å²) < 4.78 is 1.39. The second-order valence-corrected chi connectivity index (χ2v) is 5.43. The Labute approximate surface area is 101 Å². The molecular formula is C14H30NO+. The van der Waals surface area contributed by atoms with E-state index >= 15 is 0 Å². The van der Waals surface area contributed by atoms with Crippen LogP contribution >= 0.6 is 0 Å². The number of quaternary nitrogens is 1. The van der Waals surface area contributed by atoms with Crippen molar-refractivity contribution in [3.8, 4) is 0 Å². The molecule has 1 fully saturated rings. The molecule has 1 rings (SSSR count). The smallest absolute Gasteiger partial charge is 0.0786 e. The lowest BCUT2D eigenvalue weighted by atomic mass is 10.0. The molecule has 0 unspecified atom stereocenters. The van der Waals surface area contributed by atoms with Gasteiger partial charge in [0.25, 0.3) is 0 Å². The van der Waals surface area contributed by atoms with Crippen LogP contribution in [0.5, 0.6) is 0 Å². The molecule has 2 nitrogen and oxygen atoms in total. The number of aliphatic hydroxyl groups is 1. The summed E-state index contributed by atoms with van der Waals surface area (Å²) in [5.41, 5.74) is 0. The van der Waals surface area contributed by atoms with Crippen molar-refractivity contribution in [1.82, 2.24) is 0 Å². The van der Waals surface area contributed by atoms with Crippen LogP contribution in [0, 0.1) is 0 Å². The van der Waals surface area contributed by atoms with E-state index in [4.69, 9.17) is 5.11 Å². The van der Waals surface area contributed by atoms with E-state index in [0.29, 0.717) is 6.61 Å². The van der Waals surface area contributed by atoms with Crippen LogP contribution in [0.4, 0.5) is 0 Å². The minimum absolute atomic E-state index is 0.370. The summed E-state index contributed by atoms with van der Waals surface area (Å²) in [6.45, 7) is 8.26. The Kier molecular flexibility index (Phi) is 7.06. The molecule has 16 heavy (non-hydrogen) atoms. The van der Waals surface area contributed by atoms with Crippen molar-refractivity contribution in [1.29, 1.82) is 0 Å². The predicted molar refractivity (Wildman–Crippen MR) is 69.4 cm³/mol. The molecule has 0 spiro atoms. The zero-order valence-electron chi connectivity index (χ0n) is 11.1. The van der Waals surface area contributed by atoms with Crippen molar-refractivity contribution >= 4 is 0 Å². The first-order valence-corrected chi connectivity index (χ1v) is 7.29. The average Bonchev–Trinajstić information content (AvgIpc) is 2.34. The van der Waals surface area contributed by atoms with Gasteiger partial charge in [0.2, 0.25) is 0 Å². The minimum atomic E-state index is 0.370. The first kappa shape index (κ1) is 14.0. The molecular weight excluding hydrogens is 198 g/mol. The summed E-state index contributed by atoms with van der Waals surface area (Å²) in [6.07, 6.45) is 10.5. The summed E-state index contributed by atoms with van der Waals surface area (Å²) in [4.78, 5) is 0. The second-order valence-electron chi connectivity index (χ2n) is 5.43. The molecule has 1 aliphatic rings. The Morgan fingerprint density at radius 3 is 2.19 bits per heavy atom. The van der Waals surface area contributed by atoms with Gasteiger partial charge >= 0.3 is 0 Å². The number of aliphatic hydroxyl groups excluding tert-OH is 1. The van der Waals surface area contributed by atoms with Crippen molar-refractivity contribution in [2.24, 2.45) is 0 Å². The molecule has 0 aromatic carbocycles. The van der Waals surface area contributed by atoms with Crippen LogP contribution < -0.4 is 0 Å². The standard InChI is InChI=1S/C14H30NO/c1-2-3-10-15(11-6-4-7-12-15)13-8-5-9-14-16/h16H,2-14H2,1H3/q+1. The minimum Gasteiger partial charge on any atom is -0.396 e. The summed E-state index contributed by atoms with van der Waals surface area (Å²) >= 11 is 0. The number of rotatable bonds is 8. The first-order chi connectivity index (χ1) is 7.83. The third-order valence-corrected chi connectivity index (χ3v) is 4.04. The maximum absolute atomic E-state index is 8.80. The quantitative estimate of drug-likeness (QED) is 0.500. The van der Waals surface area contributed by atoms with E-state index in [0.717, 1.165) is 6.42 Å². The summed E-state index contributed by atoms with van der Waals surface area (Å²) in [6, 6.07) is 0. The molecule has 0 aliphatic carbocycles. The van der Waals surface area contributed by atoms with Gasteiger partial charge < -0.3 is 9.59 Å². The van der Waals surface area contributed by atoms with Crippen LogP contribution in [0.1, 0.15) is 58.3 Å². The first-order valence-electron chi connectivity index (χ1n) is 7.29. The van der Waals surface area contributed by atoms with Gasteiger partial charge in [0, 0.05) is 6.61 Å². The Bertz CT molecular complexity index is 164. The summed E-state index contributed by atoms with van der Waals surface area (Å²) in [7, 11) is 0. The van der Waals surface area contributed by atoms with Gasteiger partial charge in [-0.15, -0.1) is 0 Å². The maximum Gasteiger partial charge on any atom is 0.0786 e. The zero-order valence-corrected chi connectivity index (χ0v) is 11.1. The van der Waals surface area contributed by atoms with E-state index in [1.807, 2.05) is 0 Å². The number of nitrogens with zero attached hydrogens (tertiary/aromatic N) is 1. The monoisotopic (exact) mass is 228 g/mol. The van der Waals surface area contributed by atoms with Crippen LogP contribution in [0.25, 0.3) is 0 Å². The largest absolute Gasteiger partial charge is 0.396 e. The molecule has 1 saturated heterocycles. The lowest BCUT2D eigenvalue weighted by Crippen LogP contribution is -2.52. The Hall–Kier alpha value is -0.0800. The zero-order chi connectivity index (χ0) is 11.7. The highest BCUT2D eigenvalue weighted by molar-refractivity contribution is 4.55. The van der Waals surface area contributed by atoms with Gasteiger partial charge in [-0.1, -0.05) is 13.3 Å². The summed E-state index contributed by atoms with van der Waals surface area (Å²) in [5.74, 6) is 0. The normalized spacial score (nSPS) is 19.9. The fourth-order valence-electron chi connectivity index (χ4n) is 2.97. The van der Waals surface area contributed by atoms with E-state index < -0.39 is 0 Å². The van der Waals surface area contributed by atoms with Gasteiger partial charge in [-0.2, -0.15) is 0 Å². The van der Waals surface area contributed by atoms with Crippen molar-refractivity contribution in [2.45, 2.75) is 58.3 Å². The van der Waals surface area contributed by atoms with E-state index in [1.165, 1.54) is 75.6 Å². The van der Waals surface area contributed by atoms with Gasteiger partial charge in [0.05, 0.1) is 26.2 Å². The van der Waals surface area contributed by atoms with Crippen molar-refractivity contribution in [3.63, 3.8) is 0 Å². The van der Waals surface area contributed by atoms with Crippen LogP contribution in [-0.4, -0.2) is 42.4 Å². The van der Waals surface area contributed by atoms with Gasteiger partial charge in [0.1, 0.15) is 0 Å². The Balaban J connectivity index is 2.30. The van der Waals surface area contributed by atoms with E-state index in [9.17, 15) is 0 Å². The molecule has 2 heteroatoms. The molecule has 1 aliphatic heterocycles. The number of unbranched alkanes of at least 4 members (excludes halogenated alkanes) is 3. The highest BCUT2D eigenvalue weighted by Gasteiger charge is 2.28. The molecule has 96 valence electrons. The van der Waals surface area contributed by atoms with E-state index in [1.54, 1.807) is 0 Å². The van der Waals surface area contributed by atoms with Crippen LogP contribution in [0.15, 0.2) is 0 Å². The second kappa shape index (κ2) is 8.08. The number of piperidine rings is 1. The molecule has 0 radical (unpaired) electrons. The molecule has 0 aromatic rings. The van der Waals surface area contributed by atoms with Crippen molar-refractivity contribution < 1.29 is 9.59 Å². The average molecular weight is 228 g/mol. The summed E-state index contributed by atoms with van der Waals surface area (Å²) in [5, 5.41) is 8.80. The number of hydrogen-bond donors (Lipinski definition) is 1. The third-order valence-electron chi connectivity index (χ3n) is 4.04. The predicted octanol–water partition coefficient (Wildman–Crippen LogP) is 2.95. The topological polar surface area (TPSA) is 20.2 Å². The van der Waals surface area contributed by atoms with E-state index in [2.05, 4.69) is 6.92 Å². The van der Waals surface area contributed by atoms with E-state index in [-0.39, 0.29) is 0 Å². The molecule has 0 aromatic heterocycles. The highest BCUT2D eigenvalue weighted by atomic mass is 16.2. The van der Waals surface area contributed by atoms with Gasteiger partial charge in [-0.05, 0) is 44.9 Å². The fraction of sp³-hybridized carbons (Fsp3) is 1.00. The van der Waals surface area contributed by atoms with Gasteiger partial charge in [-0.3, -0.25) is 0 Å². The Morgan fingerprint density at radius 2 is 1.56 bits per heavy atom. The number of hydrogen-bond acceptors (Lipinski definition) is 1. The Morgan fingerprint density at radius 1 is 0.875 bits per heavy atom. The maximum atomic E-state index is 8.80. The van der Waals surface area contributed by atoms with Crippen LogP contribution in [0.2, 0.25) is 0 Å². The van der Waals surface area contributed by atoms with Crippen molar-refractivity contribution in [2.75, 3.05) is 32.8 Å². The molecule has 0 amide bonds. The van der Waals surface area contributed by atoms with Crippen LogP contribution in [0.3, 0.4) is 0 Å². The van der Waals surface area contributed by atoms with Crippen LogP contribution in [-0.2, 0) is 0 Å². The molecule has 1 N–H and O–H groups in total. The molecule has 0 saturated carbocycles. The fourth-order valence-corrected chi connectivity index (χ4v) is 2.97. The molecule has 0 bridgehead atoms. The lowest BCUT2D eigenvalue weighted by Gasteiger charge is -2.42. The van der Waals surface area contributed by atoms with Gasteiger partial charge in [0.15, 0.2) is 0 Å².